The van der Waals surface area contributed by atoms with Crippen LogP contribution in [-0.2, 0) is 17.1 Å². The first-order chi connectivity index (χ1) is 6.35. The van der Waals surface area contributed by atoms with Crippen LogP contribution in [0, 0.1) is 62.8 Å². The van der Waals surface area contributed by atoms with Gasteiger partial charge in [-0.05, 0) is 0 Å². The van der Waals surface area contributed by atoms with Crippen LogP contribution in [0.4, 0.5) is 0 Å². The quantitative estimate of drug-likeness (QED) is 0.451. The predicted molar refractivity (Wildman–Crippen MR) is 37.5 cm³/mol. The molecule has 65 valence electrons. The Bertz CT molecular complexity index is 226. The van der Waals surface area contributed by atoms with E-state index < -0.39 is 21.4 Å². The molecule has 14 heavy (non-hydrogen) atoms. The van der Waals surface area contributed by atoms with E-state index in [0.29, 0.717) is 0 Å². The molecule has 0 aliphatic rings. The minimum Gasteiger partial charge on any atom is -0.512 e. The van der Waals surface area contributed by atoms with Gasteiger partial charge in [0, 0.05) is 0 Å². The van der Waals surface area contributed by atoms with Gasteiger partial charge in [0.2, 0.25) is 0 Å². The Morgan fingerprint density at radius 2 is 0.786 bits per heavy atom. The molecule has 0 heterocycles. The van der Waals surface area contributed by atoms with E-state index in [2.05, 4.69) is 0 Å². The molecule has 0 aromatic heterocycles. The Morgan fingerprint density at radius 3 is 0.786 bits per heavy atom. The smallest absolute Gasteiger partial charge is 0.512 e. The first kappa shape index (κ1) is 29.5. The van der Waals surface area contributed by atoms with Gasteiger partial charge in [0.05, 0.1) is 0 Å². The molecule has 0 aromatic carbocycles. The third kappa shape index (κ3) is 48.0. The van der Waals surface area contributed by atoms with Crippen molar-refractivity contribution in [2.45, 2.75) is 0 Å². The van der Waals surface area contributed by atoms with Gasteiger partial charge in [-0.3, -0.25) is 0 Å². The van der Waals surface area contributed by atoms with Gasteiger partial charge in [-0.1, -0.05) is 0 Å². The second kappa shape index (κ2) is 64.5. The average Bonchev–Trinajstić information content (AvgIpc) is 2.29. The summed E-state index contributed by atoms with van der Waals surface area (Å²) in [7, 11) is 0. The molecule has 0 saturated carbocycles. The average molecular weight is 327 g/mol. The maximum absolute atomic E-state index is 7.92. The van der Waals surface area contributed by atoms with Crippen LogP contribution in [0.25, 0.3) is 0 Å². The summed E-state index contributed by atoms with van der Waals surface area (Å²) in [5, 5.41) is 42.5. The van der Waals surface area contributed by atoms with E-state index >= 15 is 0 Å². The maximum atomic E-state index is 7.92. The second-order valence-corrected chi connectivity index (χ2v) is 5.50. The molecule has 1 radical (unpaired) electrons. The van der Waals surface area contributed by atoms with E-state index in [1.54, 1.807) is 11.5 Å². The van der Waals surface area contributed by atoms with Crippen LogP contribution >= 0.6 is 0 Å². The van der Waals surface area contributed by atoms with Gasteiger partial charge in [0.15, 0.2) is 0 Å². The summed E-state index contributed by atoms with van der Waals surface area (Å²) < 4.78 is 5.07. The van der Waals surface area contributed by atoms with Crippen molar-refractivity contribution in [1.29, 1.82) is 31.6 Å². The van der Waals surface area contributed by atoms with Gasteiger partial charge in [-0.25, -0.2) is 0 Å². The Kier molecular flexibility index (Phi) is 136. The number of nitriles is 3. The number of hydrogen-bond acceptors (Lipinski definition) is 6. The van der Waals surface area contributed by atoms with E-state index in [9.17, 15) is 0 Å². The summed E-state index contributed by atoms with van der Waals surface area (Å²) in [5.41, 5.74) is 0. The fourth-order valence-electron chi connectivity index (χ4n) is 0.0866. The third-order valence-corrected chi connectivity index (χ3v) is 2.60. The molecule has 6 nitrogen and oxygen atoms in total. The second-order valence-electron chi connectivity index (χ2n) is 0.820. The molecule has 0 spiro atoms. The van der Waals surface area contributed by atoms with E-state index in [-0.39, 0.29) is 17.1 Å². The molecular formula is C6FeInN6. The van der Waals surface area contributed by atoms with Gasteiger partial charge < -0.3 is 35.5 Å². The van der Waals surface area contributed by atoms with Crippen molar-refractivity contribution in [3.05, 3.63) is 19.7 Å². The van der Waals surface area contributed by atoms with Crippen molar-refractivity contribution < 1.29 is 17.1 Å². The number of rotatable bonds is 0. The Hall–Kier alpha value is -1.67. The zero-order valence-corrected chi connectivity index (χ0v) is 11.0. The van der Waals surface area contributed by atoms with E-state index in [1.807, 2.05) is 0 Å². The minimum atomic E-state index is -2.85. The van der Waals surface area contributed by atoms with Crippen molar-refractivity contribution in [1.82, 2.24) is 0 Å². The van der Waals surface area contributed by atoms with Crippen LogP contribution in [0.3, 0.4) is 0 Å². The normalized spacial score (nSPS) is 2.79. The first-order valence-corrected chi connectivity index (χ1v) is 7.15. The monoisotopic (exact) mass is 327 g/mol. The topological polar surface area (TPSA) is 143 Å². The van der Waals surface area contributed by atoms with Gasteiger partial charge >= 0.3 is 65.8 Å². The van der Waals surface area contributed by atoms with Gasteiger partial charge in [0.1, 0.15) is 0 Å². The maximum Gasteiger partial charge on any atom is 3.00 e. The van der Waals surface area contributed by atoms with Crippen LogP contribution in [0.1, 0.15) is 0 Å². The molecule has 0 aromatic rings. The molecule has 0 unspecified atom stereocenters. The molecular weight excluding hydrogens is 327 g/mol. The van der Waals surface area contributed by atoms with Crippen LogP contribution in [0.2, 0.25) is 0 Å². The van der Waals surface area contributed by atoms with E-state index in [0.717, 1.165) is 0 Å². The summed E-state index contributed by atoms with van der Waals surface area (Å²) in [6, 6.07) is 0. The van der Waals surface area contributed by atoms with Crippen molar-refractivity contribution in [3.8, 4) is 11.5 Å². The van der Waals surface area contributed by atoms with E-state index in [1.165, 1.54) is 0 Å². The van der Waals surface area contributed by atoms with Gasteiger partial charge in [-0.2, -0.15) is 0 Å². The standard InChI is InChI=1S/6CN.Fe.In/c6*1-2;;/q;;;3*-1;+3;. The summed E-state index contributed by atoms with van der Waals surface area (Å²) in [6.07, 6.45) is 0. The summed E-state index contributed by atoms with van der Waals surface area (Å²) in [5.74, 6) is 0. The van der Waals surface area contributed by atoms with Crippen molar-refractivity contribution in [2.75, 3.05) is 0 Å². The van der Waals surface area contributed by atoms with Crippen molar-refractivity contribution in [2.24, 2.45) is 0 Å². The third-order valence-electron chi connectivity index (χ3n) is 0.387. The number of hydrogen-bond donors (Lipinski definition) is 0. The molecule has 0 saturated heterocycles. The molecule has 0 rings (SSSR count). The molecule has 8 heteroatoms. The van der Waals surface area contributed by atoms with Crippen LogP contribution in [0.15, 0.2) is 0 Å². The van der Waals surface area contributed by atoms with E-state index in [4.69, 9.17) is 51.3 Å². The SMILES string of the molecule is N#[C][In]([C]#N)[C]#N.[C-]#N.[C-]#N.[C-]#N.[Fe+3]. The fourth-order valence-corrected chi connectivity index (χ4v) is 0.581. The first-order valence-electron chi connectivity index (χ1n) is 2.21. The Labute approximate surface area is 101 Å². The number of nitrogens with zero attached hydrogens (tertiary/aromatic N) is 6. The van der Waals surface area contributed by atoms with Crippen molar-refractivity contribution >= 4 is 21.4 Å². The van der Waals surface area contributed by atoms with Gasteiger partial charge in [-0.15, -0.1) is 0 Å². The minimum absolute atomic E-state index is 0. The summed E-state index contributed by atoms with van der Waals surface area (Å²) >= 11 is -2.85. The van der Waals surface area contributed by atoms with Crippen LogP contribution in [0.5, 0.6) is 0 Å². The fraction of sp³-hybridized carbons (Fsp3) is 0. The van der Waals surface area contributed by atoms with Crippen LogP contribution < -0.4 is 0 Å². The van der Waals surface area contributed by atoms with Crippen LogP contribution in [-0.4, -0.2) is 21.4 Å². The predicted octanol–water partition coefficient (Wildman–Crippen LogP) is -0.0439. The zero-order chi connectivity index (χ0) is 11.7. The Balaban J connectivity index is -0.0000000332. The summed E-state index contributed by atoms with van der Waals surface area (Å²) in [6.45, 7) is 14.2. The molecule has 0 aliphatic heterocycles. The molecule has 0 aliphatic carbocycles. The summed E-state index contributed by atoms with van der Waals surface area (Å²) in [4.78, 5) is 0. The molecule has 0 N–H and O–H groups in total. The van der Waals surface area contributed by atoms with Gasteiger partial charge in [0.25, 0.3) is 0 Å². The Morgan fingerprint density at radius 1 is 0.643 bits per heavy atom. The molecule has 0 bridgehead atoms. The molecule has 0 atom stereocenters. The van der Waals surface area contributed by atoms with Crippen molar-refractivity contribution in [3.63, 3.8) is 0 Å². The zero-order valence-electron chi connectivity index (χ0n) is 6.61. The molecule has 0 fully saturated rings. The largest absolute Gasteiger partial charge is 3.00 e. The molecule has 0 amide bonds.